The minimum absolute atomic E-state index is 0.0349. The molecule has 27 heavy (non-hydrogen) atoms. The molecule has 7 heteroatoms. The van der Waals surface area contributed by atoms with Gasteiger partial charge >= 0.3 is 7.48 Å². The highest BCUT2D eigenvalue weighted by atomic mass is 16.5. The predicted molar refractivity (Wildman–Crippen MR) is 100 cm³/mol. The lowest BCUT2D eigenvalue weighted by Crippen LogP contribution is -2.23. The number of fused-ring (bicyclic) bond motifs is 1. The van der Waals surface area contributed by atoms with Gasteiger partial charge in [0, 0.05) is 11.8 Å². The van der Waals surface area contributed by atoms with E-state index in [2.05, 4.69) is 10.3 Å². The molecule has 1 aliphatic rings. The minimum atomic E-state index is -0.194. The van der Waals surface area contributed by atoms with Crippen molar-refractivity contribution >= 4 is 18.9 Å². The summed E-state index contributed by atoms with van der Waals surface area (Å²) in [5.74, 6) is 0.711. The van der Waals surface area contributed by atoms with Gasteiger partial charge in [0.25, 0.3) is 5.91 Å². The number of nitrogens with one attached hydrogen (secondary N) is 1. The van der Waals surface area contributed by atoms with Crippen LogP contribution < -0.4 is 15.5 Å². The van der Waals surface area contributed by atoms with E-state index in [1.54, 1.807) is 50.1 Å². The summed E-state index contributed by atoms with van der Waals surface area (Å²) in [6, 6.07) is 15.6. The number of amides is 1. The summed E-state index contributed by atoms with van der Waals surface area (Å²) in [6.45, 7) is 0.821. The normalized spacial score (nSPS) is 12.1. The first-order valence-electron chi connectivity index (χ1n) is 8.46. The Morgan fingerprint density at radius 3 is 2.85 bits per heavy atom. The van der Waals surface area contributed by atoms with Crippen LogP contribution in [0.3, 0.4) is 0 Å². The Morgan fingerprint density at radius 1 is 1.22 bits per heavy atom. The van der Waals surface area contributed by atoms with Crippen molar-refractivity contribution in [3.8, 4) is 17.2 Å². The van der Waals surface area contributed by atoms with Crippen LogP contribution in [0.25, 0.3) is 0 Å². The summed E-state index contributed by atoms with van der Waals surface area (Å²) < 4.78 is 11.0. The number of rotatable bonds is 5. The fraction of sp³-hybridized carbons (Fsp3) is 0.100. The Labute approximate surface area is 157 Å². The lowest BCUT2D eigenvalue weighted by Gasteiger charge is -2.10. The Bertz CT molecular complexity index is 962. The van der Waals surface area contributed by atoms with Crippen LogP contribution >= 0.6 is 0 Å². The SMILES string of the molecule is O=C(NCc1ccccn1)c1ccc(Oc2cc3c(cc2O)[B]OC3)cc1. The van der Waals surface area contributed by atoms with Crippen LogP contribution in [-0.4, -0.2) is 23.5 Å². The highest BCUT2D eigenvalue weighted by Gasteiger charge is 2.17. The molecular formula is C20H16BN2O4. The number of pyridine rings is 1. The molecule has 1 aromatic heterocycles. The molecule has 0 unspecified atom stereocenters. The lowest BCUT2D eigenvalue weighted by atomic mass is 9.87. The standard InChI is InChI=1S/C20H16BN2O4/c24-18-10-17-14(12-26-21-17)9-19(18)27-16-6-4-13(5-7-16)20(25)23-11-15-3-1-2-8-22-15/h1-10,24H,11-12H2,(H,23,25). The molecule has 1 amide bonds. The second-order valence-corrected chi connectivity index (χ2v) is 6.08. The van der Waals surface area contributed by atoms with Gasteiger partial charge in [0.1, 0.15) is 5.75 Å². The summed E-state index contributed by atoms with van der Waals surface area (Å²) in [6.07, 6.45) is 1.69. The van der Waals surface area contributed by atoms with Crippen LogP contribution in [0.4, 0.5) is 0 Å². The van der Waals surface area contributed by atoms with Crippen molar-refractivity contribution in [2.75, 3.05) is 0 Å². The highest BCUT2D eigenvalue weighted by Crippen LogP contribution is 2.32. The maximum atomic E-state index is 12.2. The average molecular weight is 359 g/mol. The van der Waals surface area contributed by atoms with Crippen LogP contribution in [0, 0.1) is 0 Å². The smallest absolute Gasteiger partial charge is 0.330 e. The molecule has 0 aliphatic carbocycles. The molecule has 133 valence electrons. The van der Waals surface area contributed by atoms with Crippen LogP contribution in [0.1, 0.15) is 21.6 Å². The van der Waals surface area contributed by atoms with Gasteiger partial charge < -0.3 is 19.8 Å². The molecule has 0 saturated heterocycles. The highest BCUT2D eigenvalue weighted by molar-refractivity contribution is 6.49. The largest absolute Gasteiger partial charge is 0.504 e. The Kier molecular flexibility index (Phi) is 4.76. The monoisotopic (exact) mass is 359 g/mol. The van der Waals surface area contributed by atoms with Crippen LogP contribution in [-0.2, 0) is 17.8 Å². The molecule has 3 aromatic rings. The zero-order valence-electron chi connectivity index (χ0n) is 14.4. The third kappa shape index (κ3) is 3.93. The van der Waals surface area contributed by atoms with Gasteiger partial charge in [-0.25, -0.2) is 0 Å². The van der Waals surface area contributed by atoms with E-state index >= 15 is 0 Å². The number of carbonyl (C=O) groups is 1. The number of aromatic nitrogens is 1. The third-order valence-corrected chi connectivity index (χ3v) is 4.17. The van der Waals surface area contributed by atoms with E-state index in [-0.39, 0.29) is 11.7 Å². The topological polar surface area (TPSA) is 80.7 Å². The number of phenols is 1. The molecule has 6 nitrogen and oxygen atoms in total. The van der Waals surface area contributed by atoms with Gasteiger partial charge in [-0.2, -0.15) is 0 Å². The van der Waals surface area contributed by atoms with Gasteiger partial charge in [0.05, 0.1) is 18.8 Å². The first kappa shape index (κ1) is 17.1. The first-order valence-corrected chi connectivity index (χ1v) is 8.46. The molecule has 2 N–H and O–H groups in total. The van der Waals surface area contributed by atoms with Crippen molar-refractivity contribution in [1.82, 2.24) is 10.3 Å². The maximum Gasteiger partial charge on any atom is 0.330 e. The predicted octanol–water partition coefficient (Wildman–Crippen LogP) is 2.28. The zero-order chi connectivity index (χ0) is 18.6. The van der Waals surface area contributed by atoms with Gasteiger partial charge in [0.15, 0.2) is 11.5 Å². The van der Waals surface area contributed by atoms with E-state index in [4.69, 9.17) is 9.39 Å². The number of ether oxygens (including phenoxy) is 1. The van der Waals surface area contributed by atoms with E-state index in [1.807, 2.05) is 18.2 Å². The quantitative estimate of drug-likeness (QED) is 0.684. The molecule has 1 radical (unpaired) electrons. The Hall–Kier alpha value is -3.32. The Balaban J connectivity index is 1.41. The number of benzene rings is 2. The van der Waals surface area contributed by atoms with Gasteiger partial charge in [-0.3, -0.25) is 9.78 Å². The summed E-state index contributed by atoms with van der Waals surface area (Å²) in [5, 5.41) is 12.9. The molecular weight excluding hydrogens is 343 g/mol. The summed E-state index contributed by atoms with van der Waals surface area (Å²) in [5.41, 5.74) is 3.10. The number of hydrogen-bond donors (Lipinski definition) is 2. The number of phenolic OH excluding ortho intramolecular Hbond substituents is 1. The third-order valence-electron chi connectivity index (χ3n) is 4.17. The van der Waals surface area contributed by atoms with Gasteiger partial charge in [-0.15, -0.1) is 0 Å². The van der Waals surface area contributed by atoms with Crippen molar-refractivity contribution < 1.29 is 19.3 Å². The molecule has 2 aromatic carbocycles. The van der Waals surface area contributed by atoms with Gasteiger partial charge in [-0.1, -0.05) is 6.07 Å². The van der Waals surface area contributed by atoms with Crippen molar-refractivity contribution in [2.24, 2.45) is 0 Å². The van der Waals surface area contributed by atoms with Crippen molar-refractivity contribution in [2.45, 2.75) is 13.2 Å². The number of nitrogens with zero attached hydrogens (tertiary/aromatic N) is 1. The summed E-state index contributed by atoms with van der Waals surface area (Å²) >= 11 is 0. The van der Waals surface area contributed by atoms with Gasteiger partial charge in [0.2, 0.25) is 0 Å². The van der Waals surface area contributed by atoms with Crippen molar-refractivity contribution in [3.63, 3.8) is 0 Å². The molecule has 4 rings (SSSR count). The molecule has 0 atom stereocenters. The second-order valence-electron chi connectivity index (χ2n) is 6.08. The lowest BCUT2D eigenvalue weighted by molar-refractivity contribution is 0.0950. The van der Waals surface area contributed by atoms with Crippen LogP contribution in [0.2, 0.25) is 0 Å². The zero-order valence-corrected chi connectivity index (χ0v) is 14.4. The van der Waals surface area contributed by atoms with E-state index in [0.717, 1.165) is 16.7 Å². The fourth-order valence-corrected chi connectivity index (χ4v) is 2.74. The van der Waals surface area contributed by atoms with Crippen molar-refractivity contribution in [1.29, 1.82) is 0 Å². The maximum absolute atomic E-state index is 12.2. The molecule has 0 saturated carbocycles. The number of carbonyl (C=O) groups excluding carboxylic acids is 1. The van der Waals surface area contributed by atoms with Crippen molar-refractivity contribution in [3.05, 3.63) is 77.6 Å². The van der Waals surface area contributed by atoms with E-state index in [0.29, 0.717) is 30.2 Å². The fourth-order valence-electron chi connectivity index (χ4n) is 2.74. The second kappa shape index (κ2) is 7.51. The average Bonchev–Trinajstić information content (AvgIpc) is 3.15. The molecule has 1 aliphatic heterocycles. The van der Waals surface area contributed by atoms with Gasteiger partial charge in [-0.05, 0) is 59.6 Å². The summed E-state index contributed by atoms with van der Waals surface area (Å²) in [7, 11) is 1.61. The summed E-state index contributed by atoms with van der Waals surface area (Å²) in [4.78, 5) is 16.4. The van der Waals surface area contributed by atoms with E-state index < -0.39 is 0 Å². The number of hydrogen-bond acceptors (Lipinski definition) is 5. The minimum Gasteiger partial charge on any atom is -0.504 e. The van der Waals surface area contributed by atoms with E-state index in [9.17, 15) is 9.90 Å². The molecule has 0 fully saturated rings. The number of aromatic hydroxyl groups is 1. The van der Waals surface area contributed by atoms with Crippen LogP contribution in [0.15, 0.2) is 60.8 Å². The molecule has 2 heterocycles. The Morgan fingerprint density at radius 2 is 2.07 bits per heavy atom. The van der Waals surface area contributed by atoms with Crippen LogP contribution in [0.5, 0.6) is 17.2 Å². The molecule has 0 spiro atoms. The van der Waals surface area contributed by atoms with E-state index in [1.165, 1.54) is 0 Å². The molecule has 0 bridgehead atoms. The first-order chi connectivity index (χ1) is 13.2.